The van der Waals surface area contributed by atoms with Crippen LogP contribution in [0.15, 0.2) is 29.1 Å². The van der Waals surface area contributed by atoms with Crippen molar-refractivity contribution in [3.63, 3.8) is 0 Å². The van der Waals surface area contributed by atoms with Gasteiger partial charge in [-0.15, -0.1) is 0 Å². The third-order valence-electron chi connectivity index (χ3n) is 3.70. The minimum atomic E-state index is -3.80. The molecule has 0 saturated carbocycles. The lowest BCUT2D eigenvalue weighted by molar-refractivity contribution is 0.116. The van der Waals surface area contributed by atoms with Crippen LogP contribution < -0.4 is 20.6 Å². The van der Waals surface area contributed by atoms with E-state index in [-0.39, 0.29) is 42.2 Å². The van der Waals surface area contributed by atoms with Gasteiger partial charge in [0.25, 0.3) is 5.56 Å². The molecule has 0 amide bonds. The fraction of sp³-hybridized carbons (Fsp3) is 0.312. The molecule has 0 spiro atoms. The predicted molar refractivity (Wildman–Crippen MR) is 102 cm³/mol. The molecule has 0 fully saturated rings. The highest BCUT2D eigenvalue weighted by atomic mass is 31.2. The van der Waals surface area contributed by atoms with Gasteiger partial charge in [0.05, 0.1) is 13.3 Å². The number of benzene rings is 1. The zero-order chi connectivity index (χ0) is 20.1. The van der Waals surface area contributed by atoms with Crippen LogP contribution in [0.4, 0.5) is 5.95 Å². The summed E-state index contributed by atoms with van der Waals surface area (Å²) in [4.78, 5) is 34.9. The molecule has 28 heavy (non-hydrogen) atoms. The van der Waals surface area contributed by atoms with Crippen molar-refractivity contribution in [3.05, 3.63) is 40.4 Å². The highest BCUT2D eigenvalue weighted by Crippen LogP contribution is 2.43. The van der Waals surface area contributed by atoms with Gasteiger partial charge in [0.1, 0.15) is 23.9 Å². The van der Waals surface area contributed by atoms with Gasteiger partial charge in [-0.25, -0.2) is 9.55 Å². The minimum Gasteiger partial charge on any atom is -0.497 e. The lowest BCUT2D eigenvalue weighted by Gasteiger charge is -2.13. The van der Waals surface area contributed by atoms with E-state index in [2.05, 4.69) is 19.9 Å². The molecule has 3 aromatic rings. The summed E-state index contributed by atoms with van der Waals surface area (Å²) >= 11 is 0. The molecule has 150 valence electrons. The third kappa shape index (κ3) is 5.10. The fourth-order valence-electron chi connectivity index (χ4n) is 2.42. The Morgan fingerprint density at radius 2 is 1.89 bits per heavy atom. The van der Waals surface area contributed by atoms with Gasteiger partial charge in [0, 0.05) is 6.61 Å². The van der Waals surface area contributed by atoms with Crippen molar-refractivity contribution < 1.29 is 23.5 Å². The van der Waals surface area contributed by atoms with E-state index in [1.807, 2.05) is 0 Å². The van der Waals surface area contributed by atoms with E-state index in [1.54, 1.807) is 24.3 Å². The van der Waals surface area contributed by atoms with Crippen molar-refractivity contribution in [3.8, 4) is 11.5 Å². The molecule has 11 nitrogen and oxygen atoms in total. The van der Waals surface area contributed by atoms with E-state index >= 15 is 0 Å². The highest BCUT2D eigenvalue weighted by molar-refractivity contribution is 7.53. The molecule has 0 aliphatic heterocycles. The molecule has 5 N–H and O–H groups in total. The quantitative estimate of drug-likeness (QED) is 0.302. The average molecular weight is 409 g/mol. The van der Waals surface area contributed by atoms with Crippen molar-refractivity contribution in [2.45, 2.75) is 13.0 Å². The summed E-state index contributed by atoms with van der Waals surface area (Å²) in [6.07, 6.45) is 0.229. The Hall–Kier alpha value is -2.88. The number of H-pyrrole nitrogens is 2. The second-order valence-electron chi connectivity index (χ2n) is 5.87. The van der Waals surface area contributed by atoms with Gasteiger partial charge in [-0.2, -0.15) is 4.98 Å². The van der Waals surface area contributed by atoms with Crippen LogP contribution in [0.2, 0.25) is 0 Å². The van der Waals surface area contributed by atoms with Crippen molar-refractivity contribution in [1.29, 1.82) is 0 Å². The van der Waals surface area contributed by atoms with Gasteiger partial charge in [-0.3, -0.25) is 9.78 Å². The lowest BCUT2D eigenvalue weighted by Crippen LogP contribution is -2.10. The number of aromatic amines is 2. The van der Waals surface area contributed by atoms with Crippen LogP contribution in [0.1, 0.15) is 12.2 Å². The highest BCUT2D eigenvalue weighted by Gasteiger charge is 2.20. The number of aromatic nitrogens is 4. The molecule has 0 aliphatic rings. The summed E-state index contributed by atoms with van der Waals surface area (Å²) in [5, 5.41) is 0. The Morgan fingerprint density at radius 1 is 1.18 bits per heavy atom. The Morgan fingerprint density at radius 3 is 2.61 bits per heavy atom. The Kier molecular flexibility index (Phi) is 5.98. The van der Waals surface area contributed by atoms with Gasteiger partial charge in [0.15, 0.2) is 11.2 Å². The van der Waals surface area contributed by atoms with E-state index in [4.69, 9.17) is 19.7 Å². The number of nitrogens with two attached hydrogens (primary N) is 1. The number of nitrogen functional groups attached to an aromatic ring is 1. The van der Waals surface area contributed by atoms with Gasteiger partial charge in [0.2, 0.25) is 5.95 Å². The molecule has 0 aliphatic carbocycles. The number of methoxy groups -OCH3 is 1. The molecule has 0 radical (unpaired) electrons. The lowest BCUT2D eigenvalue weighted by atomic mass is 10.3. The zero-order valence-corrected chi connectivity index (χ0v) is 15.9. The van der Waals surface area contributed by atoms with Crippen molar-refractivity contribution in [2.75, 3.05) is 25.6 Å². The van der Waals surface area contributed by atoms with Gasteiger partial charge < -0.3 is 29.6 Å². The number of rotatable bonds is 9. The van der Waals surface area contributed by atoms with Gasteiger partial charge >= 0.3 is 7.60 Å². The van der Waals surface area contributed by atoms with Crippen LogP contribution in [0, 0.1) is 0 Å². The van der Waals surface area contributed by atoms with E-state index in [0.717, 1.165) is 0 Å². The smallest absolute Gasteiger partial charge is 0.376 e. The number of fused-ring (bicyclic) bond motifs is 1. The number of ether oxygens (including phenoxy) is 2. The van der Waals surface area contributed by atoms with Crippen molar-refractivity contribution >= 4 is 24.7 Å². The van der Waals surface area contributed by atoms with Gasteiger partial charge in [-0.1, -0.05) is 0 Å². The number of anilines is 1. The first-order valence-electron chi connectivity index (χ1n) is 8.34. The standard InChI is InChI=1S/C16H20N5O6P/c1-25-10-3-5-11(6-4-10)27-28(23,24)8-2-7-26-9-12-18-13-14(19-12)20-16(17)21-15(13)22/h3-6H,2,7-9H2,1H3,(H,23,24)(H4,17,18,19,20,21,22). The van der Waals surface area contributed by atoms with Crippen LogP contribution in [0.3, 0.4) is 0 Å². The molecule has 12 heteroatoms. The largest absolute Gasteiger partial charge is 0.497 e. The minimum absolute atomic E-state index is 0.0213. The van der Waals surface area contributed by atoms with E-state index in [9.17, 15) is 14.3 Å². The van der Waals surface area contributed by atoms with Crippen LogP contribution >= 0.6 is 7.60 Å². The zero-order valence-electron chi connectivity index (χ0n) is 15.0. The van der Waals surface area contributed by atoms with Crippen LogP contribution in [0.25, 0.3) is 11.2 Å². The monoisotopic (exact) mass is 409 g/mol. The summed E-state index contributed by atoms with van der Waals surface area (Å²) in [5.74, 6) is 1.29. The first-order valence-corrected chi connectivity index (χ1v) is 10.1. The van der Waals surface area contributed by atoms with Crippen LogP contribution in [0.5, 0.6) is 11.5 Å². The molecular weight excluding hydrogens is 389 g/mol. The normalized spacial score (nSPS) is 13.4. The molecule has 2 aromatic heterocycles. The second kappa shape index (κ2) is 8.42. The predicted octanol–water partition coefficient (Wildman–Crippen LogP) is 1.41. The maximum atomic E-state index is 12.1. The molecule has 0 bridgehead atoms. The first kappa shape index (κ1) is 19.9. The number of imidazole rings is 1. The van der Waals surface area contributed by atoms with Crippen molar-refractivity contribution in [2.24, 2.45) is 0 Å². The van der Waals surface area contributed by atoms with Crippen molar-refractivity contribution in [1.82, 2.24) is 19.9 Å². The molecule has 1 atom stereocenters. The molecule has 1 aromatic carbocycles. The third-order valence-corrected chi connectivity index (χ3v) is 5.08. The Balaban J connectivity index is 1.45. The number of nitrogens with zero attached hydrogens (tertiary/aromatic N) is 2. The average Bonchev–Trinajstić information content (AvgIpc) is 3.05. The summed E-state index contributed by atoms with van der Waals surface area (Å²) in [7, 11) is -2.27. The van der Waals surface area contributed by atoms with Gasteiger partial charge in [-0.05, 0) is 30.7 Å². The summed E-state index contributed by atoms with van der Waals surface area (Å²) in [6, 6.07) is 6.39. The van der Waals surface area contributed by atoms with E-state index < -0.39 is 13.2 Å². The maximum absolute atomic E-state index is 12.1. The Bertz CT molecular complexity index is 1050. The topological polar surface area (TPSA) is 165 Å². The molecule has 3 rings (SSSR count). The summed E-state index contributed by atoms with van der Waals surface area (Å²) in [5.41, 5.74) is 5.46. The number of hydrogen-bond donors (Lipinski definition) is 4. The maximum Gasteiger partial charge on any atom is 0.376 e. The second-order valence-corrected chi connectivity index (χ2v) is 7.77. The SMILES string of the molecule is COc1ccc(OP(=O)(O)CCCOCc2nc3nc(N)[nH]c(=O)c3[nH]2)cc1. The molecule has 1 unspecified atom stereocenters. The van der Waals surface area contributed by atoms with E-state index in [0.29, 0.717) is 18.0 Å². The first-order chi connectivity index (χ1) is 13.4. The molecular formula is C16H20N5O6P. The number of nitrogens with one attached hydrogen (secondary N) is 2. The van der Waals surface area contributed by atoms with Crippen LogP contribution in [-0.4, -0.2) is 44.7 Å². The summed E-state index contributed by atoms with van der Waals surface area (Å²) in [6.45, 7) is 0.296. The number of hydrogen-bond acceptors (Lipinski definition) is 8. The van der Waals surface area contributed by atoms with E-state index in [1.165, 1.54) is 7.11 Å². The fourth-order valence-corrected chi connectivity index (χ4v) is 3.49. The summed E-state index contributed by atoms with van der Waals surface area (Å²) < 4.78 is 27.7. The van der Waals surface area contributed by atoms with Crippen LogP contribution in [-0.2, 0) is 15.9 Å². The molecule has 0 saturated heterocycles. The Labute approximate surface area is 159 Å². The molecule has 2 heterocycles.